The molecule has 0 aliphatic carbocycles. The lowest BCUT2D eigenvalue weighted by Gasteiger charge is -2.14. The highest BCUT2D eigenvalue weighted by Crippen LogP contribution is 2.17. The van der Waals surface area contributed by atoms with Crippen LogP contribution in [0.5, 0.6) is 11.5 Å². The van der Waals surface area contributed by atoms with E-state index >= 15 is 0 Å². The molecule has 6 nitrogen and oxygen atoms in total. The molecule has 0 bridgehead atoms. The zero-order valence-corrected chi connectivity index (χ0v) is 18.2. The van der Waals surface area contributed by atoms with E-state index in [0.29, 0.717) is 26.3 Å². The van der Waals surface area contributed by atoms with E-state index in [1.165, 1.54) is 0 Å². The number of pyridine rings is 1. The molecule has 0 saturated carbocycles. The zero-order valence-electron chi connectivity index (χ0n) is 18.2. The fourth-order valence-electron chi connectivity index (χ4n) is 2.97. The number of hydrogen-bond donors (Lipinski definition) is 2. The molecule has 0 radical (unpaired) electrons. The average Bonchev–Trinajstić information content (AvgIpc) is 2.82. The van der Waals surface area contributed by atoms with E-state index < -0.39 is 0 Å². The van der Waals surface area contributed by atoms with Crippen LogP contribution in [0.4, 0.5) is 0 Å². The summed E-state index contributed by atoms with van der Waals surface area (Å²) in [5.41, 5.74) is 3.12. The molecule has 0 aliphatic heterocycles. The molecule has 3 rings (SSSR count). The predicted molar refractivity (Wildman–Crippen MR) is 124 cm³/mol. The van der Waals surface area contributed by atoms with Gasteiger partial charge in [-0.2, -0.15) is 0 Å². The Kier molecular flexibility index (Phi) is 8.73. The second kappa shape index (κ2) is 12.2. The molecule has 0 saturated heterocycles. The molecule has 0 aliphatic rings. The van der Waals surface area contributed by atoms with Crippen molar-refractivity contribution in [2.75, 3.05) is 13.2 Å². The SMILES string of the molecule is CCNC(=NCc1ccc(OCc2ccccn2)cc1)NCc1ccccc1OCC. The summed E-state index contributed by atoms with van der Waals surface area (Å²) in [6.07, 6.45) is 1.77. The fraction of sp³-hybridized carbons (Fsp3) is 0.280. The highest BCUT2D eigenvalue weighted by atomic mass is 16.5. The van der Waals surface area contributed by atoms with E-state index in [-0.39, 0.29) is 0 Å². The van der Waals surface area contributed by atoms with Crippen molar-refractivity contribution in [1.82, 2.24) is 15.6 Å². The lowest BCUT2D eigenvalue weighted by Crippen LogP contribution is -2.36. The molecule has 2 aromatic carbocycles. The van der Waals surface area contributed by atoms with E-state index in [2.05, 4.69) is 28.6 Å². The van der Waals surface area contributed by atoms with Crippen molar-refractivity contribution in [3.8, 4) is 11.5 Å². The summed E-state index contributed by atoms with van der Waals surface area (Å²) in [4.78, 5) is 8.97. The molecular weight excluding hydrogens is 388 g/mol. The van der Waals surface area contributed by atoms with Gasteiger partial charge in [-0.1, -0.05) is 36.4 Å². The van der Waals surface area contributed by atoms with Crippen LogP contribution in [0.25, 0.3) is 0 Å². The van der Waals surface area contributed by atoms with E-state index in [1.807, 2.05) is 67.6 Å². The van der Waals surface area contributed by atoms with Gasteiger partial charge < -0.3 is 20.1 Å². The third kappa shape index (κ3) is 7.33. The fourth-order valence-corrected chi connectivity index (χ4v) is 2.97. The summed E-state index contributed by atoms with van der Waals surface area (Å²) in [6, 6.07) is 21.8. The van der Waals surface area contributed by atoms with Gasteiger partial charge in [-0.15, -0.1) is 0 Å². The normalized spacial score (nSPS) is 11.1. The molecular formula is C25H30N4O2. The lowest BCUT2D eigenvalue weighted by atomic mass is 10.2. The first kappa shape index (κ1) is 22.2. The minimum absolute atomic E-state index is 0.454. The summed E-state index contributed by atoms with van der Waals surface area (Å²) in [7, 11) is 0. The Balaban J connectivity index is 1.55. The maximum Gasteiger partial charge on any atom is 0.191 e. The summed E-state index contributed by atoms with van der Waals surface area (Å²) in [5.74, 6) is 2.48. The number of nitrogens with one attached hydrogen (secondary N) is 2. The minimum atomic E-state index is 0.454. The van der Waals surface area contributed by atoms with Crippen molar-refractivity contribution < 1.29 is 9.47 Å². The molecule has 1 aromatic heterocycles. The standard InChI is InChI=1S/C25H30N4O2/c1-3-26-25(29-18-21-9-5-6-11-24(21)30-4-2)28-17-20-12-14-23(15-13-20)31-19-22-10-7-8-16-27-22/h5-16H,3-4,17-19H2,1-2H3,(H2,26,28,29). The molecule has 31 heavy (non-hydrogen) atoms. The molecule has 0 unspecified atom stereocenters. The number of aromatic nitrogens is 1. The average molecular weight is 419 g/mol. The second-order valence-corrected chi connectivity index (χ2v) is 6.84. The Hall–Kier alpha value is -3.54. The van der Waals surface area contributed by atoms with E-state index in [1.54, 1.807) is 6.20 Å². The topological polar surface area (TPSA) is 67.8 Å². The van der Waals surface area contributed by atoms with Gasteiger partial charge in [0.25, 0.3) is 0 Å². The van der Waals surface area contributed by atoms with Crippen molar-refractivity contribution in [2.45, 2.75) is 33.5 Å². The summed E-state index contributed by atoms with van der Waals surface area (Å²) in [5, 5.41) is 6.67. The van der Waals surface area contributed by atoms with Crippen LogP contribution in [0.2, 0.25) is 0 Å². The van der Waals surface area contributed by atoms with Crippen LogP contribution in [0.3, 0.4) is 0 Å². The Morgan fingerprint density at radius 2 is 1.71 bits per heavy atom. The third-order valence-electron chi connectivity index (χ3n) is 4.52. The number of ether oxygens (including phenoxy) is 2. The van der Waals surface area contributed by atoms with Crippen molar-refractivity contribution in [2.24, 2.45) is 4.99 Å². The number of benzene rings is 2. The smallest absolute Gasteiger partial charge is 0.191 e. The molecule has 2 N–H and O–H groups in total. The van der Waals surface area contributed by atoms with Crippen LogP contribution in [0.15, 0.2) is 77.9 Å². The number of aliphatic imine (C=N–C) groups is 1. The van der Waals surface area contributed by atoms with E-state index in [4.69, 9.17) is 14.5 Å². The number of hydrogen-bond acceptors (Lipinski definition) is 4. The van der Waals surface area contributed by atoms with Gasteiger partial charge in [0, 0.05) is 24.8 Å². The monoisotopic (exact) mass is 418 g/mol. The molecule has 0 atom stereocenters. The van der Waals surface area contributed by atoms with Crippen molar-refractivity contribution in [3.05, 3.63) is 89.7 Å². The van der Waals surface area contributed by atoms with Crippen LogP contribution in [-0.4, -0.2) is 24.1 Å². The Morgan fingerprint density at radius 3 is 2.45 bits per heavy atom. The first-order valence-electron chi connectivity index (χ1n) is 10.6. The molecule has 162 valence electrons. The second-order valence-electron chi connectivity index (χ2n) is 6.84. The van der Waals surface area contributed by atoms with E-state index in [9.17, 15) is 0 Å². The molecule has 1 heterocycles. The van der Waals surface area contributed by atoms with Gasteiger partial charge in [0.2, 0.25) is 0 Å². The van der Waals surface area contributed by atoms with Gasteiger partial charge in [-0.3, -0.25) is 4.98 Å². The quantitative estimate of drug-likeness (QED) is 0.379. The summed E-state index contributed by atoms with van der Waals surface area (Å²) >= 11 is 0. The van der Waals surface area contributed by atoms with Crippen LogP contribution >= 0.6 is 0 Å². The first-order chi connectivity index (χ1) is 15.3. The maximum absolute atomic E-state index is 5.79. The maximum atomic E-state index is 5.79. The number of para-hydroxylation sites is 1. The summed E-state index contributed by atoms with van der Waals surface area (Å²) < 4.78 is 11.5. The van der Waals surface area contributed by atoms with Crippen molar-refractivity contribution >= 4 is 5.96 Å². The Morgan fingerprint density at radius 1 is 0.903 bits per heavy atom. The van der Waals surface area contributed by atoms with Crippen LogP contribution in [0, 0.1) is 0 Å². The number of nitrogens with zero attached hydrogens (tertiary/aromatic N) is 2. The molecule has 0 fully saturated rings. The highest BCUT2D eigenvalue weighted by molar-refractivity contribution is 5.79. The third-order valence-corrected chi connectivity index (χ3v) is 4.52. The largest absolute Gasteiger partial charge is 0.494 e. The van der Waals surface area contributed by atoms with Gasteiger partial charge >= 0.3 is 0 Å². The highest BCUT2D eigenvalue weighted by Gasteiger charge is 2.04. The van der Waals surface area contributed by atoms with Gasteiger partial charge in [-0.05, 0) is 49.7 Å². The van der Waals surface area contributed by atoms with Gasteiger partial charge in [0.1, 0.15) is 18.1 Å². The van der Waals surface area contributed by atoms with Crippen LogP contribution in [0.1, 0.15) is 30.7 Å². The lowest BCUT2D eigenvalue weighted by molar-refractivity contribution is 0.301. The molecule has 0 spiro atoms. The van der Waals surface area contributed by atoms with Crippen molar-refractivity contribution in [1.29, 1.82) is 0 Å². The first-order valence-corrected chi connectivity index (χ1v) is 10.6. The Bertz CT molecular complexity index is 943. The molecule has 0 amide bonds. The Labute approximate surface area is 184 Å². The predicted octanol–water partition coefficient (Wildman–Crippen LogP) is 4.31. The number of guanidine groups is 1. The van der Waals surface area contributed by atoms with Crippen LogP contribution in [-0.2, 0) is 19.7 Å². The minimum Gasteiger partial charge on any atom is -0.494 e. The zero-order chi connectivity index (χ0) is 21.7. The molecule has 6 heteroatoms. The number of rotatable bonds is 10. The van der Waals surface area contributed by atoms with Gasteiger partial charge in [0.15, 0.2) is 5.96 Å². The van der Waals surface area contributed by atoms with Crippen molar-refractivity contribution in [3.63, 3.8) is 0 Å². The molecule has 3 aromatic rings. The van der Waals surface area contributed by atoms with Gasteiger partial charge in [0.05, 0.1) is 18.8 Å². The summed E-state index contributed by atoms with van der Waals surface area (Å²) in [6.45, 7) is 7.15. The van der Waals surface area contributed by atoms with Gasteiger partial charge in [-0.25, -0.2) is 4.99 Å². The van der Waals surface area contributed by atoms with E-state index in [0.717, 1.165) is 40.8 Å². The van der Waals surface area contributed by atoms with Crippen LogP contribution < -0.4 is 20.1 Å².